The summed E-state index contributed by atoms with van der Waals surface area (Å²) in [6.45, 7) is 2.74. The Morgan fingerprint density at radius 1 is 1.65 bits per heavy atom. The van der Waals surface area contributed by atoms with Gasteiger partial charge in [-0.3, -0.25) is 4.79 Å². The molecule has 2 aliphatic heterocycles. The van der Waals surface area contributed by atoms with Crippen molar-refractivity contribution in [1.29, 1.82) is 0 Å². The third kappa shape index (κ3) is 2.34. The molecular weight excluding hydrogens is 221 g/mol. The smallest absolute Gasteiger partial charge is 0.321 e. The minimum atomic E-state index is -0.782. The third-order valence-electron chi connectivity index (χ3n) is 4.12. The van der Waals surface area contributed by atoms with Crippen LogP contribution in [0.1, 0.15) is 19.3 Å². The van der Waals surface area contributed by atoms with Crippen molar-refractivity contribution >= 4 is 12.9 Å². The molecule has 3 unspecified atom stereocenters. The van der Waals surface area contributed by atoms with Gasteiger partial charge >= 0.3 is 5.97 Å². The summed E-state index contributed by atoms with van der Waals surface area (Å²) in [4.78, 5) is 11.3. The Bertz CT molecular complexity index is 299. The molecule has 0 aromatic rings. The number of ether oxygens (including phenoxy) is 1. The molecule has 3 atom stereocenters. The predicted molar refractivity (Wildman–Crippen MR) is 64.1 cm³/mol. The minimum Gasteiger partial charge on any atom is -0.480 e. The lowest BCUT2D eigenvalue weighted by atomic mass is 9.64. The van der Waals surface area contributed by atoms with Crippen molar-refractivity contribution in [3.63, 3.8) is 0 Å². The predicted octanol–water partition coefficient (Wildman–Crippen LogP) is 0.212. The first kappa shape index (κ1) is 12.9. The number of aliphatic carboxylic acids is 1. The maximum atomic E-state index is 11.3. The molecule has 0 amide bonds. The lowest BCUT2D eigenvalue weighted by molar-refractivity contribution is -0.142. The van der Waals surface area contributed by atoms with Gasteiger partial charge in [0.2, 0.25) is 0 Å². The van der Waals surface area contributed by atoms with E-state index >= 15 is 0 Å². The summed E-state index contributed by atoms with van der Waals surface area (Å²) >= 11 is 0. The van der Waals surface area contributed by atoms with E-state index in [4.69, 9.17) is 4.74 Å². The fourth-order valence-corrected chi connectivity index (χ4v) is 3.23. The minimum absolute atomic E-state index is 0.0256. The third-order valence-corrected chi connectivity index (χ3v) is 4.12. The monoisotopic (exact) mass is 241 g/mol. The zero-order chi connectivity index (χ0) is 12.5. The standard InChI is InChI=1S/C11H20BNO4/c1-12(16)5-2-3-11-4-6-17-8(11)7-13-9(11)10(14)15/h8-9,13,16H,2-7H2,1H3,(H,14,15). The highest BCUT2D eigenvalue weighted by Crippen LogP contribution is 2.46. The summed E-state index contributed by atoms with van der Waals surface area (Å²) in [5, 5.41) is 21.6. The normalized spacial score (nSPS) is 35.9. The SMILES string of the molecule is CB(O)CCCC12CCOC1CNC2C(=O)O. The van der Waals surface area contributed by atoms with E-state index in [1.807, 2.05) is 0 Å². The van der Waals surface area contributed by atoms with Crippen molar-refractivity contribution in [2.24, 2.45) is 5.41 Å². The van der Waals surface area contributed by atoms with Gasteiger partial charge in [0.15, 0.2) is 0 Å². The first-order valence-electron chi connectivity index (χ1n) is 6.32. The number of hydrogen-bond donors (Lipinski definition) is 3. The Morgan fingerprint density at radius 2 is 2.41 bits per heavy atom. The number of fused-ring (bicyclic) bond motifs is 1. The van der Waals surface area contributed by atoms with Crippen LogP contribution in [0.4, 0.5) is 0 Å². The first-order valence-corrected chi connectivity index (χ1v) is 6.32. The molecule has 3 N–H and O–H groups in total. The summed E-state index contributed by atoms with van der Waals surface area (Å²) in [5.74, 6) is -0.782. The molecule has 2 rings (SSSR count). The molecule has 0 spiro atoms. The summed E-state index contributed by atoms with van der Waals surface area (Å²) < 4.78 is 5.63. The summed E-state index contributed by atoms with van der Waals surface area (Å²) in [6.07, 6.45) is 3.22. The van der Waals surface area contributed by atoms with Gasteiger partial charge in [0.25, 0.3) is 6.92 Å². The molecule has 0 aromatic carbocycles. The van der Waals surface area contributed by atoms with E-state index in [-0.39, 0.29) is 18.4 Å². The molecule has 0 bridgehead atoms. The molecular formula is C11H20BNO4. The largest absolute Gasteiger partial charge is 0.480 e. The summed E-state index contributed by atoms with van der Waals surface area (Å²) in [6, 6.07) is -0.496. The van der Waals surface area contributed by atoms with E-state index in [0.29, 0.717) is 13.2 Å². The maximum Gasteiger partial charge on any atom is 0.321 e. The van der Waals surface area contributed by atoms with Gasteiger partial charge in [0.05, 0.1) is 6.10 Å². The lowest BCUT2D eigenvalue weighted by Crippen LogP contribution is -2.44. The number of carboxylic acid groups (broad SMARTS) is 1. The highest BCUT2D eigenvalue weighted by Gasteiger charge is 2.56. The van der Waals surface area contributed by atoms with Crippen LogP contribution in [-0.4, -0.2) is 48.3 Å². The Labute approximate surface area is 102 Å². The van der Waals surface area contributed by atoms with Crippen molar-refractivity contribution < 1.29 is 19.7 Å². The highest BCUT2D eigenvalue weighted by atomic mass is 16.5. The first-order chi connectivity index (χ1) is 8.06. The van der Waals surface area contributed by atoms with Crippen LogP contribution in [0, 0.1) is 5.41 Å². The summed E-state index contributed by atoms with van der Waals surface area (Å²) in [7, 11) is 0. The van der Waals surface area contributed by atoms with Crippen LogP contribution in [0.3, 0.4) is 0 Å². The highest BCUT2D eigenvalue weighted by molar-refractivity contribution is 6.48. The van der Waals surface area contributed by atoms with Crippen LogP contribution in [0.5, 0.6) is 0 Å². The lowest BCUT2D eigenvalue weighted by Gasteiger charge is -2.31. The average molecular weight is 241 g/mol. The number of carbonyl (C=O) groups is 1. The zero-order valence-corrected chi connectivity index (χ0v) is 10.2. The van der Waals surface area contributed by atoms with E-state index in [9.17, 15) is 14.9 Å². The zero-order valence-electron chi connectivity index (χ0n) is 10.2. The van der Waals surface area contributed by atoms with Crippen molar-refractivity contribution in [2.75, 3.05) is 13.2 Å². The van der Waals surface area contributed by atoms with Crippen LogP contribution in [0.15, 0.2) is 0 Å². The second-order valence-electron chi connectivity index (χ2n) is 5.26. The van der Waals surface area contributed by atoms with Crippen molar-refractivity contribution in [3.8, 4) is 0 Å². The van der Waals surface area contributed by atoms with Crippen LogP contribution >= 0.6 is 0 Å². The molecule has 0 saturated carbocycles. The Hall–Kier alpha value is -0.585. The van der Waals surface area contributed by atoms with Gasteiger partial charge in [0, 0.05) is 18.6 Å². The number of nitrogens with one attached hydrogen (secondary N) is 1. The number of rotatable bonds is 5. The molecule has 0 aliphatic carbocycles. The molecule has 2 heterocycles. The maximum absolute atomic E-state index is 11.3. The second kappa shape index (κ2) is 4.96. The van der Waals surface area contributed by atoms with Gasteiger partial charge in [-0.2, -0.15) is 0 Å². The number of hydrogen-bond acceptors (Lipinski definition) is 4. The van der Waals surface area contributed by atoms with Gasteiger partial charge < -0.3 is 20.2 Å². The fraction of sp³-hybridized carbons (Fsp3) is 0.909. The van der Waals surface area contributed by atoms with Crippen LogP contribution in [0.2, 0.25) is 13.1 Å². The molecule has 17 heavy (non-hydrogen) atoms. The molecule has 0 radical (unpaired) electrons. The Balaban J connectivity index is 2.03. The Morgan fingerprint density at radius 3 is 3.06 bits per heavy atom. The van der Waals surface area contributed by atoms with Crippen molar-refractivity contribution in [1.82, 2.24) is 5.32 Å². The van der Waals surface area contributed by atoms with Crippen molar-refractivity contribution in [3.05, 3.63) is 0 Å². The van der Waals surface area contributed by atoms with Crippen LogP contribution in [0.25, 0.3) is 0 Å². The number of carboxylic acids is 1. The molecule has 96 valence electrons. The Kier molecular flexibility index (Phi) is 3.75. The fourth-order valence-electron chi connectivity index (χ4n) is 3.23. The van der Waals surface area contributed by atoms with E-state index in [0.717, 1.165) is 25.6 Å². The van der Waals surface area contributed by atoms with Gasteiger partial charge in [0.1, 0.15) is 6.04 Å². The summed E-state index contributed by atoms with van der Waals surface area (Å²) in [5.41, 5.74) is -0.263. The van der Waals surface area contributed by atoms with Crippen LogP contribution < -0.4 is 5.32 Å². The molecule has 2 aliphatic rings. The van der Waals surface area contributed by atoms with E-state index in [1.165, 1.54) is 0 Å². The van der Waals surface area contributed by atoms with Gasteiger partial charge in [-0.25, -0.2) is 0 Å². The molecule has 2 saturated heterocycles. The topological polar surface area (TPSA) is 78.8 Å². The molecule has 2 fully saturated rings. The van der Waals surface area contributed by atoms with Crippen LogP contribution in [-0.2, 0) is 9.53 Å². The second-order valence-corrected chi connectivity index (χ2v) is 5.26. The van der Waals surface area contributed by atoms with Gasteiger partial charge in [-0.05, 0) is 19.2 Å². The van der Waals surface area contributed by atoms with Crippen molar-refractivity contribution in [2.45, 2.75) is 44.6 Å². The molecule has 0 aromatic heterocycles. The quantitative estimate of drug-likeness (QED) is 0.600. The van der Waals surface area contributed by atoms with E-state index in [2.05, 4.69) is 5.32 Å². The van der Waals surface area contributed by atoms with E-state index in [1.54, 1.807) is 6.82 Å². The van der Waals surface area contributed by atoms with E-state index < -0.39 is 12.0 Å². The molecule has 6 heteroatoms. The molecule has 5 nitrogen and oxygen atoms in total. The van der Waals surface area contributed by atoms with Gasteiger partial charge in [-0.15, -0.1) is 0 Å². The van der Waals surface area contributed by atoms with Gasteiger partial charge in [-0.1, -0.05) is 13.2 Å². The average Bonchev–Trinajstić information content (AvgIpc) is 2.73.